The first-order chi connectivity index (χ1) is 15.2. The van der Waals surface area contributed by atoms with Gasteiger partial charge in [0.05, 0.1) is 28.3 Å². The van der Waals surface area contributed by atoms with E-state index in [0.29, 0.717) is 28.7 Å². The number of likely N-dealkylation sites (N-methyl/N-ethyl adjacent to an activating group) is 1. The lowest BCUT2D eigenvalue weighted by Gasteiger charge is -2.47. The maximum Gasteiger partial charge on any atom is 0.347 e. The largest absolute Gasteiger partial charge is 0.497 e. The molecule has 32 heavy (non-hydrogen) atoms. The summed E-state index contributed by atoms with van der Waals surface area (Å²) in [4.78, 5) is 13.6. The van der Waals surface area contributed by atoms with Crippen molar-refractivity contribution in [3.8, 4) is 11.5 Å². The highest BCUT2D eigenvalue weighted by Crippen LogP contribution is 2.63. The number of hydrogen-bond donors (Lipinski definition) is 1. The smallest absolute Gasteiger partial charge is 0.347 e. The Kier molecular flexibility index (Phi) is 4.66. The van der Waals surface area contributed by atoms with E-state index < -0.39 is 11.6 Å². The highest BCUT2D eigenvalue weighted by Gasteiger charge is 2.71. The number of ether oxygens (including phenoxy) is 3. The van der Waals surface area contributed by atoms with Gasteiger partial charge in [-0.1, -0.05) is 24.3 Å². The minimum Gasteiger partial charge on any atom is -0.497 e. The first kappa shape index (κ1) is 21.0. The van der Waals surface area contributed by atoms with Gasteiger partial charge in [-0.25, -0.2) is 4.79 Å². The van der Waals surface area contributed by atoms with Gasteiger partial charge < -0.3 is 23.8 Å². The Bertz CT molecular complexity index is 1020. The maximum absolute atomic E-state index is 13.6. The summed E-state index contributed by atoms with van der Waals surface area (Å²) in [5, 5.41) is 11.8. The molecule has 3 aliphatic rings. The Morgan fingerprint density at radius 1 is 1.00 bits per heavy atom. The predicted molar refractivity (Wildman–Crippen MR) is 119 cm³/mol. The van der Waals surface area contributed by atoms with Crippen LogP contribution in [0.3, 0.4) is 0 Å². The Labute approximate surface area is 188 Å². The van der Waals surface area contributed by atoms with E-state index in [2.05, 4.69) is 20.2 Å². The summed E-state index contributed by atoms with van der Waals surface area (Å²) >= 11 is 0. The van der Waals surface area contributed by atoms with Crippen molar-refractivity contribution in [2.45, 2.75) is 42.5 Å². The van der Waals surface area contributed by atoms with Crippen molar-refractivity contribution in [1.82, 2.24) is 0 Å². The molecule has 2 heterocycles. The Morgan fingerprint density at radius 2 is 1.53 bits per heavy atom. The summed E-state index contributed by atoms with van der Waals surface area (Å²) in [5.41, 5.74) is 0.536. The second-order valence-electron chi connectivity index (χ2n) is 9.64. The number of carbonyl (C=O) groups excluding carboxylic acids is 1. The third kappa shape index (κ3) is 2.90. The van der Waals surface area contributed by atoms with Crippen LogP contribution in [0.2, 0.25) is 0 Å². The molecule has 6 nitrogen and oxygen atoms in total. The molecule has 0 amide bonds. The number of carbonyl (C=O) groups is 1. The van der Waals surface area contributed by atoms with E-state index in [0.717, 1.165) is 23.7 Å². The molecule has 1 N–H and O–H groups in total. The van der Waals surface area contributed by atoms with Gasteiger partial charge in [0.25, 0.3) is 0 Å². The number of nitrogens with zero attached hydrogens (tertiary/aromatic N) is 1. The monoisotopic (exact) mass is 436 g/mol. The van der Waals surface area contributed by atoms with Crippen molar-refractivity contribution in [1.29, 1.82) is 0 Å². The normalized spacial score (nSPS) is 27.2. The zero-order chi connectivity index (χ0) is 22.7. The molecule has 3 atom stereocenters. The van der Waals surface area contributed by atoms with Crippen LogP contribution in [0.1, 0.15) is 30.4 Å². The molecule has 2 aromatic rings. The molecule has 168 valence electrons. The van der Waals surface area contributed by atoms with E-state index in [9.17, 15) is 9.90 Å². The lowest BCUT2D eigenvalue weighted by Crippen LogP contribution is -2.60. The number of esters is 1. The maximum atomic E-state index is 13.6. The lowest BCUT2D eigenvalue weighted by molar-refractivity contribution is -0.942. The van der Waals surface area contributed by atoms with Gasteiger partial charge in [0, 0.05) is 19.3 Å². The van der Waals surface area contributed by atoms with Crippen LogP contribution in [0.25, 0.3) is 0 Å². The summed E-state index contributed by atoms with van der Waals surface area (Å²) in [7, 11) is 7.69. The number of rotatable bonds is 6. The molecule has 1 saturated heterocycles. The molecule has 5 rings (SSSR count). The zero-order valence-corrected chi connectivity index (χ0v) is 19.0. The predicted octanol–water partition coefficient (Wildman–Crippen LogP) is 3.17. The summed E-state index contributed by atoms with van der Waals surface area (Å²) in [5.74, 6) is 0.645. The average molecular weight is 437 g/mol. The third-order valence-corrected chi connectivity index (χ3v) is 7.94. The summed E-state index contributed by atoms with van der Waals surface area (Å²) in [6.45, 7) is 0. The molecule has 2 fully saturated rings. The summed E-state index contributed by atoms with van der Waals surface area (Å²) in [6.07, 6.45) is 4.79. The Balaban J connectivity index is 1.45. The Hall–Kier alpha value is -2.83. The standard InChI is InChI=1S/C26H30NO5/c1-27(2)20-13-19-15-25(19,27)16-23(14-20)32-24(28)26(29,17-5-9-21(30-3)10-6-17)18-7-11-22(31-4)12-8-18/h5-13,20,23,29H,14-16H2,1-4H3/q+1/t20?,23-,25+/m0/s1. The van der Waals surface area contributed by atoms with Crippen LogP contribution >= 0.6 is 0 Å². The van der Waals surface area contributed by atoms with E-state index in [1.807, 2.05) is 0 Å². The lowest BCUT2D eigenvalue weighted by atomic mass is 9.85. The summed E-state index contributed by atoms with van der Waals surface area (Å²) < 4.78 is 17.5. The molecule has 0 aromatic heterocycles. The molecule has 1 saturated carbocycles. The minimum atomic E-state index is -1.93. The van der Waals surface area contributed by atoms with Gasteiger partial charge in [0.15, 0.2) is 0 Å². The van der Waals surface area contributed by atoms with Gasteiger partial charge in [-0.3, -0.25) is 0 Å². The van der Waals surface area contributed by atoms with Gasteiger partial charge in [-0.15, -0.1) is 0 Å². The SMILES string of the molecule is COc1ccc(C(O)(C(=O)O[C@H]2CC3C=C4C[C@]4(C2)[N+]3(C)C)c2ccc(OC)cc2)cc1. The van der Waals surface area contributed by atoms with Crippen molar-refractivity contribution < 1.29 is 28.6 Å². The molecule has 2 aliphatic heterocycles. The molecule has 1 unspecified atom stereocenters. The van der Waals surface area contributed by atoms with Crippen LogP contribution < -0.4 is 9.47 Å². The van der Waals surface area contributed by atoms with Crippen molar-refractivity contribution in [3.63, 3.8) is 0 Å². The van der Waals surface area contributed by atoms with E-state index in [1.54, 1.807) is 62.8 Å². The van der Waals surface area contributed by atoms with Crippen LogP contribution in [0.4, 0.5) is 0 Å². The fourth-order valence-corrected chi connectivity index (χ4v) is 5.69. The molecule has 1 aliphatic carbocycles. The van der Waals surface area contributed by atoms with Crippen LogP contribution in [0.5, 0.6) is 11.5 Å². The second-order valence-corrected chi connectivity index (χ2v) is 9.64. The highest BCUT2D eigenvalue weighted by atomic mass is 16.6. The number of hydrogen-bond acceptors (Lipinski definition) is 5. The fourth-order valence-electron chi connectivity index (χ4n) is 5.69. The van der Waals surface area contributed by atoms with Crippen LogP contribution in [-0.4, -0.2) is 61.6 Å². The van der Waals surface area contributed by atoms with E-state index >= 15 is 0 Å². The van der Waals surface area contributed by atoms with Crippen LogP contribution in [0, 0.1) is 0 Å². The topological polar surface area (TPSA) is 65.0 Å². The molecule has 6 heteroatoms. The van der Waals surface area contributed by atoms with Gasteiger partial charge in [0.1, 0.15) is 29.2 Å². The number of piperidine rings is 1. The quantitative estimate of drug-likeness (QED) is 0.428. The number of fused-ring (bicyclic) bond motifs is 1. The molecule has 1 spiro atoms. The number of quaternary nitrogens is 1. The number of aliphatic hydroxyl groups is 1. The fraction of sp³-hybridized carbons (Fsp3) is 0.423. The van der Waals surface area contributed by atoms with Crippen molar-refractivity contribution in [2.24, 2.45) is 0 Å². The first-order valence-electron chi connectivity index (χ1n) is 11.0. The molecule has 0 radical (unpaired) electrons. The van der Waals surface area contributed by atoms with Gasteiger partial charge in [0.2, 0.25) is 5.60 Å². The van der Waals surface area contributed by atoms with Crippen molar-refractivity contribution >= 4 is 5.97 Å². The molecule has 2 aromatic carbocycles. The van der Waals surface area contributed by atoms with Gasteiger partial charge >= 0.3 is 5.97 Å². The summed E-state index contributed by atoms with van der Waals surface area (Å²) in [6, 6.07) is 14.1. The molecule has 2 bridgehead atoms. The van der Waals surface area contributed by atoms with Crippen LogP contribution in [0.15, 0.2) is 60.2 Å². The van der Waals surface area contributed by atoms with Gasteiger partial charge in [-0.05, 0) is 47.0 Å². The zero-order valence-electron chi connectivity index (χ0n) is 19.0. The van der Waals surface area contributed by atoms with E-state index in [-0.39, 0.29) is 11.6 Å². The highest BCUT2D eigenvalue weighted by molar-refractivity contribution is 5.85. The van der Waals surface area contributed by atoms with E-state index in [4.69, 9.17) is 14.2 Å². The molecular weight excluding hydrogens is 406 g/mol. The van der Waals surface area contributed by atoms with Crippen molar-refractivity contribution in [2.75, 3.05) is 28.3 Å². The first-order valence-corrected chi connectivity index (χ1v) is 11.0. The van der Waals surface area contributed by atoms with Gasteiger partial charge in [-0.2, -0.15) is 0 Å². The minimum absolute atomic E-state index is 0.103. The molecular formula is C26H30NO5+. The Morgan fingerprint density at radius 3 is 2.00 bits per heavy atom. The second kappa shape index (κ2) is 7.09. The third-order valence-electron chi connectivity index (χ3n) is 7.94. The number of methoxy groups -OCH3 is 2. The number of benzene rings is 2. The average Bonchev–Trinajstić information content (AvgIpc) is 3.48. The van der Waals surface area contributed by atoms with E-state index in [1.165, 1.54) is 5.57 Å². The van der Waals surface area contributed by atoms with Crippen molar-refractivity contribution in [3.05, 3.63) is 71.3 Å². The van der Waals surface area contributed by atoms with Crippen LogP contribution in [-0.2, 0) is 15.1 Å².